The average molecular weight is 128 g/mol. The normalized spacial score (nSPS) is 11.7. The van der Waals surface area contributed by atoms with E-state index in [0.29, 0.717) is 6.41 Å². The molecule has 0 spiro atoms. The molecular weight excluding hydrogens is 120 g/mol. The van der Waals surface area contributed by atoms with Crippen LogP contribution in [0.1, 0.15) is 6.92 Å². The van der Waals surface area contributed by atoms with Crippen LogP contribution in [-0.2, 0) is 9.59 Å². The fourth-order valence-corrected chi connectivity index (χ4v) is 0.265. The van der Waals surface area contributed by atoms with Crippen molar-refractivity contribution in [2.45, 2.75) is 6.92 Å². The van der Waals surface area contributed by atoms with E-state index in [0.717, 1.165) is 6.21 Å². The zero-order valence-corrected chi connectivity index (χ0v) is 5.05. The van der Waals surface area contributed by atoms with Crippen LogP contribution in [0.2, 0.25) is 0 Å². The van der Waals surface area contributed by atoms with Crippen molar-refractivity contribution in [1.82, 2.24) is 5.32 Å². The van der Waals surface area contributed by atoms with Crippen LogP contribution in [0, 0.1) is 11.3 Å². The summed E-state index contributed by atoms with van der Waals surface area (Å²) in [6.07, 6.45) is 1.28. The smallest absolute Gasteiger partial charge is 0.234 e. The van der Waals surface area contributed by atoms with E-state index in [4.69, 9.17) is 5.41 Å². The van der Waals surface area contributed by atoms with Crippen LogP contribution in [0.25, 0.3) is 0 Å². The second-order valence-electron chi connectivity index (χ2n) is 1.58. The molecule has 0 aliphatic carbocycles. The van der Waals surface area contributed by atoms with Crippen molar-refractivity contribution in [1.29, 1.82) is 5.41 Å². The van der Waals surface area contributed by atoms with E-state index in [2.05, 4.69) is 0 Å². The van der Waals surface area contributed by atoms with E-state index in [1.807, 2.05) is 5.32 Å². The molecule has 1 atom stereocenters. The van der Waals surface area contributed by atoms with Gasteiger partial charge in [0.2, 0.25) is 12.3 Å². The largest absolute Gasteiger partial charge is 0.312 e. The van der Waals surface area contributed by atoms with Crippen molar-refractivity contribution in [2.24, 2.45) is 5.92 Å². The number of nitrogens with one attached hydrogen (secondary N) is 2. The third kappa shape index (κ3) is 2.58. The topological polar surface area (TPSA) is 70.0 Å². The lowest BCUT2D eigenvalue weighted by molar-refractivity contribution is -0.126. The fraction of sp³-hybridized carbons (Fsp3) is 0.400. The SMILES string of the molecule is CC(C=N)C(=O)NC=O. The Balaban J connectivity index is 3.71. The van der Waals surface area contributed by atoms with Crippen molar-refractivity contribution >= 4 is 18.5 Å². The summed E-state index contributed by atoms with van der Waals surface area (Å²) in [4.78, 5) is 20.1. The minimum Gasteiger partial charge on any atom is -0.312 e. The zero-order chi connectivity index (χ0) is 7.28. The Kier molecular flexibility index (Phi) is 3.27. The molecule has 0 aliphatic heterocycles. The number of hydrogen-bond donors (Lipinski definition) is 2. The molecule has 2 amide bonds. The van der Waals surface area contributed by atoms with Crippen LogP contribution in [0.4, 0.5) is 0 Å². The third-order valence-corrected chi connectivity index (χ3v) is 0.865. The average Bonchev–Trinajstić information content (AvgIpc) is 1.87. The first kappa shape index (κ1) is 7.81. The van der Waals surface area contributed by atoms with Crippen molar-refractivity contribution in [3.63, 3.8) is 0 Å². The highest BCUT2D eigenvalue weighted by molar-refractivity contribution is 5.96. The minimum absolute atomic E-state index is 0.308. The van der Waals surface area contributed by atoms with Gasteiger partial charge in [0, 0.05) is 6.21 Å². The Hall–Kier alpha value is -1.19. The molecule has 0 aromatic heterocycles. The molecule has 2 N–H and O–H groups in total. The summed E-state index contributed by atoms with van der Waals surface area (Å²) in [5.41, 5.74) is 0. The van der Waals surface area contributed by atoms with Crippen LogP contribution in [0.15, 0.2) is 0 Å². The van der Waals surface area contributed by atoms with E-state index in [1.165, 1.54) is 6.92 Å². The molecule has 0 radical (unpaired) electrons. The van der Waals surface area contributed by atoms with Crippen molar-refractivity contribution in [3.8, 4) is 0 Å². The second-order valence-corrected chi connectivity index (χ2v) is 1.58. The standard InChI is InChI=1S/C5H8N2O2/c1-4(2-6)5(9)7-3-8/h2-4,6H,1H3,(H,7,8,9). The van der Waals surface area contributed by atoms with Gasteiger partial charge in [-0.3, -0.25) is 14.9 Å². The van der Waals surface area contributed by atoms with Gasteiger partial charge in [0.05, 0.1) is 5.92 Å². The predicted molar refractivity (Wildman–Crippen MR) is 32.2 cm³/mol. The Morgan fingerprint density at radius 3 is 2.67 bits per heavy atom. The highest BCUT2D eigenvalue weighted by Gasteiger charge is 2.06. The molecule has 0 heterocycles. The molecule has 0 fully saturated rings. The Morgan fingerprint density at radius 1 is 1.78 bits per heavy atom. The number of rotatable bonds is 3. The summed E-state index contributed by atoms with van der Waals surface area (Å²) in [5, 5.41) is 8.54. The molecule has 9 heavy (non-hydrogen) atoms. The molecule has 0 aromatic rings. The molecule has 0 aromatic carbocycles. The molecular formula is C5H8N2O2. The fourth-order valence-electron chi connectivity index (χ4n) is 0.265. The quantitative estimate of drug-likeness (QED) is 0.399. The number of imide groups is 1. The first-order chi connectivity index (χ1) is 4.22. The highest BCUT2D eigenvalue weighted by atomic mass is 16.2. The molecule has 0 bridgehead atoms. The van der Waals surface area contributed by atoms with Crippen LogP contribution >= 0.6 is 0 Å². The monoisotopic (exact) mass is 128 g/mol. The summed E-state index contributed by atoms with van der Waals surface area (Å²) in [5.74, 6) is -0.963. The minimum atomic E-state index is -0.518. The summed E-state index contributed by atoms with van der Waals surface area (Å²) >= 11 is 0. The van der Waals surface area contributed by atoms with Gasteiger partial charge in [-0.05, 0) is 6.92 Å². The summed E-state index contributed by atoms with van der Waals surface area (Å²) in [6.45, 7) is 1.53. The van der Waals surface area contributed by atoms with Gasteiger partial charge in [-0.25, -0.2) is 0 Å². The van der Waals surface area contributed by atoms with Crippen LogP contribution in [-0.4, -0.2) is 18.5 Å². The molecule has 0 saturated heterocycles. The first-order valence-electron chi connectivity index (χ1n) is 2.47. The summed E-state index contributed by atoms with van der Waals surface area (Å²) in [7, 11) is 0. The van der Waals surface area contributed by atoms with Crippen molar-refractivity contribution in [2.75, 3.05) is 0 Å². The number of carbonyl (C=O) groups excluding carboxylic acids is 2. The number of amides is 2. The van der Waals surface area contributed by atoms with Crippen molar-refractivity contribution < 1.29 is 9.59 Å². The predicted octanol–water partition coefficient (Wildman–Crippen LogP) is -0.455. The Bertz CT molecular complexity index is 133. The lowest BCUT2D eigenvalue weighted by Gasteiger charge is -1.98. The highest BCUT2D eigenvalue weighted by Crippen LogP contribution is 1.85. The summed E-state index contributed by atoms with van der Waals surface area (Å²) < 4.78 is 0. The molecule has 0 rings (SSSR count). The first-order valence-corrected chi connectivity index (χ1v) is 2.47. The van der Waals surface area contributed by atoms with Gasteiger partial charge in [0.1, 0.15) is 0 Å². The van der Waals surface area contributed by atoms with Crippen LogP contribution in [0.5, 0.6) is 0 Å². The van der Waals surface area contributed by atoms with Gasteiger partial charge < -0.3 is 5.41 Å². The van der Waals surface area contributed by atoms with Crippen molar-refractivity contribution in [3.05, 3.63) is 0 Å². The van der Waals surface area contributed by atoms with Crippen LogP contribution in [0.3, 0.4) is 0 Å². The number of hydrogen-bond acceptors (Lipinski definition) is 3. The maximum absolute atomic E-state index is 10.5. The lowest BCUT2D eigenvalue weighted by atomic mass is 10.2. The van der Waals surface area contributed by atoms with E-state index in [1.54, 1.807) is 0 Å². The lowest BCUT2D eigenvalue weighted by Crippen LogP contribution is -2.28. The van der Waals surface area contributed by atoms with E-state index < -0.39 is 11.8 Å². The Labute approximate surface area is 52.8 Å². The Morgan fingerprint density at radius 2 is 2.33 bits per heavy atom. The molecule has 4 heteroatoms. The molecule has 1 unspecified atom stereocenters. The van der Waals surface area contributed by atoms with Crippen LogP contribution < -0.4 is 5.32 Å². The van der Waals surface area contributed by atoms with E-state index in [-0.39, 0.29) is 0 Å². The summed E-state index contributed by atoms with van der Waals surface area (Å²) in [6, 6.07) is 0. The van der Waals surface area contributed by atoms with Gasteiger partial charge in [-0.15, -0.1) is 0 Å². The number of carbonyl (C=O) groups is 2. The van der Waals surface area contributed by atoms with Gasteiger partial charge in [0.15, 0.2) is 0 Å². The second kappa shape index (κ2) is 3.77. The van der Waals surface area contributed by atoms with E-state index >= 15 is 0 Å². The molecule has 4 nitrogen and oxygen atoms in total. The van der Waals surface area contributed by atoms with E-state index in [9.17, 15) is 9.59 Å². The van der Waals surface area contributed by atoms with Gasteiger partial charge in [-0.1, -0.05) is 0 Å². The maximum atomic E-state index is 10.5. The molecule has 0 saturated carbocycles. The zero-order valence-electron chi connectivity index (χ0n) is 5.05. The maximum Gasteiger partial charge on any atom is 0.234 e. The molecule has 0 aliphatic rings. The third-order valence-electron chi connectivity index (χ3n) is 0.865. The van der Waals surface area contributed by atoms with Gasteiger partial charge in [-0.2, -0.15) is 0 Å². The van der Waals surface area contributed by atoms with Gasteiger partial charge >= 0.3 is 0 Å². The van der Waals surface area contributed by atoms with Gasteiger partial charge in [0.25, 0.3) is 0 Å². The molecule has 50 valence electrons.